The van der Waals surface area contributed by atoms with Crippen molar-refractivity contribution in [1.29, 1.82) is 0 Å². The molecule has 1 aromatic heterocycles. The smallest absolute Gasteiger partial charge is 0.0224 e. The Morgan fingerprint density at radius 2 is 1.72 bits per heavy atom. The minimum absolute atomic E-state index is 1.24. The Balaban J connectivity index is 2.41. The Kier molecular flexibility index (Phi) is 5.20. The van der Waals surface area contributed by atoms with Crippen LogP contribution in [-0.2, 0) is 12.8 Å². The molecular weight excluding hydrogens is 235 g/mol. The summed E-state index contributed by atoms with van der Waals surface area (Å²) >= 11 is 0. The lowest BCUT2D eigenvalue weighted by Crippen LogP contribution is -1.94. The third-order valence-electron chi connectivity index (χ3n) is 3.46. The molecule has 0 saturated heterocycles. The molecule has 0 fully saturated rings. The fraction of sp³-hybridized carbons (Fsp3) is 0.471. The first-order valence-corrected chi connectivity index (χ1v) is 8.04. The van der Waals surface area contributed by atoms with Gasteiger partial charge in [-0.15, -0.1) is 0 Å². The van der Waals surface area contributed by atoms with Crippen molar-refractivity contribution in [3.05, 3.63) is 40.9 Å². The molecule has 95 valence electrons. The first-order valence-electron chi connectivity index (χ1n) is 7.15. The third-order valence-corrected chi connectivity index (χ3v) is 4.58. The Morgan fingerprint density at radius 1 is 1.00 bits per heavy atom. The van der Waals surface area contributed by atoms with E-state index in [1.807, 2.05) is 0 Å². The van der Waals surface area contributed by atoms with Crippen molar-refractivity contribution in [2.45, 2.75) is 52.4 Å². The summed E-state index contributed by atoms with van der Waals surface area (Å²) in [6, 6.07) is 8.75. The minimum Gasteiger partial charge on any atom is -0.0654 e. The summed E-state index contributed by atoms with van der Waals surface area (Å²) in [7, 11) is 1.31. The highest BCUT2D eigenvalue weighted by Crippen LogP contribution is 2.31. The van der Waals surface area contributed by atoms with Gasteiger partial charge in [0, 0.05) is 5.80 Å². The van der Waals surface area contributed by atoms with Gasteiger partial charge in [-0.3, -0.25) is 0 Å². The van der Waals surface area contributed by atoms with Gasteiger partial charge in [-0.1, -0.05) is 59.1 Å². The van der Waals surface area contributed by atoms with Gasteiger partial charge < -0.3 is 0 Å². The van der Waals surface area contributed by atoms with E-state index >= 15 is 0 Å². The molecule has 0 aliphatic rings. The van der Waals surface area contributed by atoms with E-state index in [1.165, 1.54) is 57.5 Å². The standard InChI is InChI=1S/C17H22P/c1-3-5-10-16-15-11-8-7-9-14(15)13-18-17(16)12-6-4-2/h7-9,11H,3-6,10,12H2,1-2H3. The number of hydrogen-bond acceptors (Lipinski definition) is 0. The van der Waals surface area contributed by atoms with Crippen LogP contribution in [0.2, 0.25) is 0 Å². The maximum absolute atomic E-state index is 3.54. The van der Waals surface area contributed by atoms with Crippen molar-refractivity contribution in [2.75, 3.05) is 0 Å². The molecule has 0 N–H and O–H groups in total. The predicted octanol–water partition coefficient (Wildman–Crippen LogP) is 5.91. The van der Waals surface area contributed by atoms with Gasteiger partial charge in [-0.05, 0) is 47.3 Å². The molecule has 0 nitrogen and oxygen atoms in total. The molecule has 0 saturated carbocycles. The lowest BCUT2D eigenvalue weighted by Gasteiger charge is -2.12. The SMILES string of the molecule is CCCCc1p[c]c2ccccc2c1CCCC. The van der Waals surface area contributed by atoms with Gasteiger partial charge in [0.1, 0.15) is 0 Å². The number of hydrogen-bond donors (Lipinski definition) is 0. The van der Waals surface area contributed by atoms with Crippen LogP contribution in [0.4, 0.5) is 0 Å². The summed E-state index contributed by atoms with van der Waals surface area (Å²) in [5, 5.41) is 4.37. The molecular formula is C17H22P. The van der Waals surface area contributed by atoms with Crippen LogP contribution in [0.25, 0.3) is 10.8 Å². The van der Waals surface area contributed by atoms with Gasteiger partial charge in [0.05, 0.1) is 0 Å². The molecule has 0 unspecified atom stereocenters. The van der Waals surface area contributed by atoms with Crippen LogP contribution in [0.5, 0.6) is 0 Å². The number of aryl methyl sites for hydroxylation is 2. The molecule has 1 heteroatoms. The second-order valence-corrected chi connectivity index (χ2v) is 5.89. The normalized spacial score (nSPS) is 11.4. The topological polar surface area (TPSA) is 0 Å². The van der Waals surface area contributed by atoms with Gasteiger partial charge in [-0.25, -0.2) is 0 Å². The van der Waals surface area contributed by atoms with Crippen molar-refractivity contribution in [2.24, 2.45) is 0 Å². The van der Waals surface area contributed by atoms with Crippen LogP contribution in [0.1, 0.15) is 50.4 Å². The summed E-state index contributed by atoms with van der Waals surface area (Å²) in [5.41, 5.74) is 1.61. The average Bonchev–Trinajstić information content (AvgIpc) is 2.43. The van der Waals surface area contributed by atoms with Gasteiger partial charge >= 0.3 is 0 Å². The molecule has 1 heterocycles. The molecule has 1 aromatic carbocycles. The average molecular weight is 257 g/mol. The number of unbranched alkanes of at least 4 members (excludes halogenated alkanes) is 2. The second kappa shape index (κ2) is 6.90. The maximum Gasteiger partial charge on any atom is 0.0224 e. The van der Waals surface area contributed by atoms with E-state index in [0.29, 0.717) is 0 Å². The summed E-state index contributed by atoms with van der Waals surface area (Å²) in [4.78, 5) is 0. The summed E-state index contributed by atoms with van der Waals surface area (Å²) in [6.45, 7) is 4.55. The van der Waals surface area contributed by atoms with Gasteiger partial charge in [0.25, 0.3) is 0 Å². The highest BCUT2D eigenvalue weighted by Gasteiger charge is 2.07. The number of fused-ring (bicyclic) bond motifs is 1. The van der Waals surface area contributed by atoms with Crippen LogP contribution in [0.3, 0.4) is 0 Å². The van der Waals surface area contributed by atoms with Crippen molar-refractivity contribution >= 4 is 19.0 Å². The Bertz CT molecular complexity index is 502. The summed E-state index contributed by atoms with van der Waals surface area (Å²) in [6.07, 6.45) is 7.65. The maximum atomic E-state index is 3.54. The first-order chi connectivity index (χ1) is 8.86. The van der Waals surface area contributed by atoms with Crippen LogP contribution in [0, 0.1) is 5.80 Å². The van der Waals surface area contributed by atoms with Gasteiger partial charge in [-0.2, -0.15) is 0 Å². The first kappa shape index (κ1) is 13.6. The molecule has 0 bridgehead atoms. The molecule has 0 amide bonds. The fourth-order valence-electron chi connectivity index (χ4n) is 2.38. The molecule has 0 atom stereocenters. The zero-order valence-electron chi connectivity index (χ0n) is 11.5. The van der Waals surface area contributed by atoms with Crippen molar-refractivity contribution in [3.63, 3.8) is 0 Å². The lowest BCUT2D eigenvalue weighted by atomic mass is 10.00. The zero-order valence-corrected chi connectivity index (χ0v) is 12.4. The Morgan fingerprint density at radius 3 is 2.50 bits per heavy atom. The Labute approximate surface area is 113 Å². The van der Waals surface area contributed by atoms with E-state index in [9.17, 15) is 0 Å². The van der Waals surface area contributed by atoms with E-state index in [4.69, 9.17) is 0 Å². The van der Waals surface area contributed by atoms with Crippen molar-refractivity contribution < 1.29 is 0 Å². The largest absolute Gasteiger partial charge is 0.0654 e. The summed E-state index contributed by atoms with van der Waals surface area (Å²) in [5.74, 6) is 3.54. The van der Waals surface area contributed by atoms with Gasteiger partial charge in [0.2, 0.25) is 0 Å². The van der Waals surface area contributed by atoms with E-state index in [1.54, 1.807) is 10.9 Å². The molecule has 18 heavy (non-hydrogen) atoms. The quantitative estimate of drug-likeness (QED) is 0.604. The van der Waals surface area contributed by atoms with E-state index in [2.05, 4.69) is 43.9 Å². The highest BCUT2D eigenvalue weighted by atomic mass is 31.0. The molecule has 1 radical (unpaired) electrons. The number of benzene rings is 1. The molecule has 2 aromatic rings. The molecule has 0 spiro atoms. The second-order valence-electron chi connectivity index (χ2n) is 4.90. The highest BCUT2D eigenvalue weighted by molar-refractivity contribution is 7.30. The predicted molar refractivity (Wildman–Crippen MR) is 82.5 cm³/mol. The van der Waals surface area contributed by atoms with Crippen molar-refractivity contribution in [3.8, 4) is 0 Å². The molecule has 2 rings (SSSR count). The van der Waals surface area contributed by atoms with Crippen LogP contribution in [-0.4, -0.2) is 0 Å². The molecule has 0 aliphatic heterocycles. The Hall–Kier alpha value is -0.870. The van der Waals surface area contributed by atoms with Crippen molar-refractivity contribution in [1.82, 2.24) is 0 Å². The number of rotatable bonds is 6. The van der Waals surface area contributed by atoms with Crippen LogP contribution < -0.4 is 0 Å². The van der Waals surface area contributed by atoms with Gasteiger partial charge in [0.15, 0.2) is 0 Å². The van der Waals surface area contributed by atoms with Crippen LogP contribution >= 0.6 is 8.19 Å². The van der Waals surface area contributed by atoms with E-state index in [0.717, 1.165) is 0 Å². The van der Waals surface area contributed by atoms with Crippen LogP contribution in [0.15, 0.2) is 24.3 Å². The zero-order chi connectivity index (χ0) is 12.8. The van der Waals surface area contributed by atoms with E-state index in [-0.39, 0.29) is 0 Å². The fourth-order valence-corrected chi connectivity index (χ4v) is 3.47. The van der Waals surface area contributed by atoms with E-state index < -0.39 is 0 Å². The molecule has 0 aliphatic carbocycles. The monoisotopic (exact) mass is 257 g/mol. The summed E-state index contributed by atoms with van der Waals surface area (Å²) < 4.78 is 0. The minimum atomic E-state index is 1.24. The lowest BCUT2D eigenvalue weighted by molar-refractivity contribution is 0.770. The third kappa shape index (κ3) is 3.12.